The van der Waals surface area contributed by atoms with Crippen molar-refractivity contribution in [3.05, 3.63) is 64.2 Å². The van der Waals surface area contributed by atoms with Gasteiger partial charge >= 0.3 is 6.18 Å². The van der Waals surface area contributed by atoms with Gasteiger partial charge in [-0.2, -0.15) is 17.5 Å². The second kappa shape index (κ2) is 6.48. The standard InChI is InChI=1S/C18H15ClF3NO3S/c19-14-10-12(18(20,21)22)5-6-16(14)27(24,25)23-7-8-26-15-9-11-3-1-2-4-13(11)17(15)23/h1-6,10,15,17H,7-9H2/t15-,17+/m0/s1. The van der Waals surface area contributed by atoms with Crippen LogP contribution in [-0.4, -0.2) is 32.0 Å². The number of hydrogen-bond donors (Lipinski definition) is 0. The third-order valence-electron chi connectivity index (χ3n) is 4.95. The molecular weight excluding hydrogens is 403 g/mol. The summed E-state index contributed by atoms with van der Waals surface area (Å²) in [4.78, 5) is -0.331. The Balaban J connectivity index is 1.76. The van der Waals surface area contributed by atoms with E-state index >= 15 is 0 Å². The molecule has 0 bridgehead atoms. The summed E-state index contributed by atoms with van der Waals surface area (Å²) < 4.78 is 72.1. The van der Waals surface area contributed by atoms with Crippen LogP contribution in [0, 0.1) is 0 Å². The zero-order chi connectivity index (χ0) is 19.4. The van der Waals surface area contributed by atoms with Crippen LogP contribution >= 0.6 is 11.6 Å². The van der Waals surface area contributed by atoms with E-state index in [1.807, 2.05) is 24.3 Å². The number of rotatable bonds is 2. The fourth-order valence-corrected chi connectivity index (χ4v) is 5.88. The van der Waals surface area contributed by atoms with Gasteiger partial charge in [0.25, 0.3) is 0 Å². The monoisotopic (exact) mass is 417 g/mol. The molecule has 9 heteroatoms. The van der Waals surface area contributed by atoms with Crippen molar-refractivity contribution in [2.75, 3.05) is 13.2 Å². The Morgan fingerprint density at radius 3 is 2.59 bits per heavy atom. The van der Waals surface area contributed by atoms with Gasteiger partial charge in [-0.1, -0.05) is 35.9 Å². The minimum Gasteiger partial charge on any atom is -0.374 e. The predicted molar refractivity (Wildman–Crippen MR) is 93.0 cm³/mol. The van der Waals surface area contributed by atoms with Crippen LogP contribution in [0.2, 0.25) is 5.02 Å². The highest BCUT2D eigenvalue weighted by molar-refractivity contribution is 7.89. The van der Waals surface area contributed by atoms with Crippen molar-refractivity contribution in [3.8, 4) is 0 Å². The highest BCUT2D eigenvalue weighted by Gasteiger charge is 2.45. The molecule has 1 aliphatic heterocycles. The fraction of sp³-hybridized carbons (Fsp3) is 0.333. The molecule has 27 heavy (non-hydrogen) atoms. The Bertz CT molecular complexity index is 994. The van der Waals surface area contributed by atoms with E-state index in [4.69, 9.17) is 16.3 Å². The van der Waals surface area contributed by atoms with Crippen LogP contribution in [0.25, 0.3) is 0 Å². The first-order chi connectivity index (χ1) is 12.7. The maximum absolute atomic E-state index is 13.2. The lowest BCUT2D eigenvalue weighted by Crippen LogP contribution is -2.46. The summed E-state index contributed by atoms with van der Waals surface area (Å²) in [6, 6.07) is 9.27. The number of sulfonamides is 1. The van der Waals surface area contributed by atoms with E-state index in [1.165, 1.54) is 4.31 Å². The first kappa shape index (κ1) is 18.7. The molecule has 0 N–H and O–H groups in total. The molecule has 1 fully saturated rings. The number of nitrogens with zero attached hydrogens (tertiary/aromatic N) is 1. The molecule has 2 aromatic carbocycles. The van der Waals surface area contributed by atoms with E-state index in [0.29, 0.717) is 12.5 Å². The normalized spacial score (nSPS) is 23.1. The summed E-state index contributed by atoms with van der Waals surface area (Å²) in [5.74, 6) is 0. The Kier molecular flexibility index (Phi) is 4.50. The number of alkyl halides is 3. The number of fused-ring (bicyclic) bond motifs is 3. The number of benzene rings is 2. The van der Waals surface area contributed by atoms with Gasteiger partial charge in [0.1, 0.15) is 4.90 Å². The van der Waals surface area contributed by atoms with Gasteiger partial charge < -0.3 is 4.74 Å². The summed E-state index contributed by atoms with van der Waals surface area (Å²) in [5, 5.41) is -0.445. The first-order valence-corrected chi connectivity index (χ1v) is 10.1. The van der Waals surface area contributed by atoms with Gasteiger partial charge in [0.05, 0.1) is 29.3 Å². The Hall–Kier alpha value is -1.61. The molecular formula is C18H15ClF3NO3S. The van der Waals surface area contributed by atoms with Gasteiger partial charge in [0, 0.05) is 13.0 Å². The van der Waals surface area contributed by atoms with Gasteiger partial charge in [-0.25, -0.2) is 8.42 Å². The highest BCUT2D eigenvalue weighted by atomic mass is 35.5. The van der Waals surface area contributed by atoms with Crippen molar-refractivity contribution >= 4 is 21.6 Å². The number of ether oxygens (including phenoxy) is 1. The summed E-state index contributed by atoms with van der Waals surface area (Å²) in [6.45, 7) is 0.321. The molecule has 4 nitrogen and oxygen atoms in total. The van der Waals surface area contributed by atoms with E-state index < -0.39 is 32.8 Å². The largest absolute Gasteiger partial charge is 0.416 e. The van der Waals surface area contributed by atoms with Crippen LogP contribution in [0.4, 0.5) is 13.2 Å². The van der Waals surface area contributed by atoms with Crippen molar-refractivity contribution in [3.63, 3.8) is 0 Å². The van der Waals surface area contributed by atoms with Crippen LogP contribution < -0.4 is 0 Å². The van der Waals surface area contributed by atoms with E-state index in [-0.39, 0.29) is 24.2 Å². The molecule has 1 saturated heterocycles. The number of morpholine rings is 1. The van der Waals surface area contributed by atoms with Crippen molar-refractivity contribution in [1.29, 1.82) is 0 Å². The topological polar surface area (TPSA) is 46.6 Å². The second-order valence-corrected chi connectivity index (χ2v) is 8.78. The molecule has 144 valence electrons. The summed E-state index contributed by atoms with van der Waals surface area (Å²) in [5.41, 5.74) is 0.874. The average molecular weight is 418 g/mol. The predicted octanol–water partition coefficient (Wildman–Crippen LogP) is 4.05. The quantitative estimate of drug-likeness (QED) is 0.740. The van der Waals surface area contributed by atoms with Crippen molar-refractivity contribution in [2.24, 2.45) is 0 Å². The van der Waals surface area contributed by atoms with E-state index in [9.17, 15) is 21.6 Å². The molecule has 1 heterocycles. The van der Waals surface area contributed by atoms with Crippen LogP contribution in [0.5, 0.6) is 0 Å². The maximum atomic E-state index is 13.2. The van der Waals surface area contributed by atoms with Crippen LogP contribution in [-0.2, 0) is 27.4 Å². The maximum Gasteiger partial charge on any atom is 0.416 e. The van der Waals surface area contributed by atoms with Crippen LogP contribution in [0.1, 0.15) is 22.7 Å². The Morgan fingerprint density at radius 1 is 1.15 bits per heavy atom. The molecule has 0 spiro atoms. The number of halogens is 4. The highest BCUT2D eigenvalue weighted by Crippen LogP contribution is 2.43. The van der Waals surface area contributed by atoms with E-state index in [2.05, 4.69) is 0 Å². The first-order valence-electron chi connectivity index (χ1n) is 8.27. The van der Waals surface area contributed by atoms with Crippen LogP contribution in [0.3, 0.4) is 0 Å². The van der Waals surface area contributed by atoms with Gasteiger partial charge in [0.2, 0.25) is 10.0 Å². The third kappa shape index (κ3) is 3.14. The Labute approximate surface area is 159 Å². The molecule has 0 unspecified atom stereocenters. The molecule has 0 radical (unpaired) electrons. The summed E-state index contributed by atoms with van der Waals surface area (Å²) in [7, 11) is -4.10. The van der Waals surface area contributed by atoms with E-state index in [0.717, 1.165) is 23.3 Å². The Morgan fingerprint density at radius 2 is 1.89 bits per heavy atom. The fourth-order valence-electron chi connectivity index (χ4n) is 3.74. The molecule has 1 aliphatic carbocycles. The summed E-state index contributed by atoms with van der Waals surface area (Å²) in [6.07, 6.45) is -4.33. The zero-order valence-electron chi connectivity index (χ0n) is 13.9. The molecule has 4 rings (SSSR count). The lowest BCUT2D eigenvalue weighted by atomic mass is 10.1. The van der Waals surface area contributed by atoms with Crippen molar-refractivity contribution < 1.29 is 26.3 Å². The smallest absolute Gasteiger partial charge is 0.374 e. The average Bonchev–Trinajstić information content (AvgIpc) is 2.99. The molecule has 2 aliphatic rings. The SMILES string of the molecule is O=S(=O)(c1ccc(C(F)(F)F)cc1Cl)N1CCO[C@H]2Cc3ccccc3[C@H]21. The van der Waals surface area contributed by atoms with Crippen molar-refractivity contribution in [2.45, 2.75) is 29.6 Å². The van der Waals surface area contributed by atoms with Gasteiger partial charge in [-0.05, 0) is 29.3 Å². The van der Waals surface area contributed by atoms with Gasteiger partial charge in [0.15, 0.2) is 0 Å². The number of hydrogen-bond acceptors (Lipinski definition) is 3. The minimum atomic E-state index is -4.60. The lowest BCUT2D eigenvalue weighted by molar-refractivity contribution is -0.137. The van der Waals surface area contributed by atoms with Crippen molar-refractivity contribution in [1.82, 2.24) is 4.31 Å². The summed E-state index contributed by atoms with van der Waals surface area (Å²) >= 11 is 5.95. The molecule has 0 aromatic heterocycles. The van der Waals surface area contributed by atoms with Gasteiger partial charge in [-0.3, -0.25) is 0 Å². The molecule has 2 atom stereocenters. The van der Waals surface area contributed by atoms with Gasteiger partial charge in [-0.15, -0.1) is 0 Å². The lowest BCUT2D eigenvalue weighted by Gasteiger charge is -2.37. The van der Waals surface area contributed by atoms with E-state index in [1.54, 1.807) is 0 Å². The zero-order valence-corrected chi connectivity index (χ0v) is 15.5. The molecule has 2 aromatic rings. The second-order valence-electron chi connectivity index (χ2n) is 6.52. The minimum absolute atomic E-state index is 0.106. The van der Waals surface area contributed by atoms with Crippen LogP contribution in [0.15, 0.2) is 47.4 Å². The molecule has 0 saturated carbocycles. The molecule has 0 amide bonds. The third-order valence-corrected chi connectivity index (χ3v) is 7.31.